The standard InChI is InChI=1S/C15H18ClN3/c1-10-7-8-13-12(9-10)14(19-15(16)18-13)17-11-5-3-2-4-6-11/h7-9,11H,2-6H2,1H3,(H,17,18,19). The number of nitrogens with zero attached hydrogens (tertiary/aromatic N) is 2. The van der Waals surface area contributed by atoms with E-state index in [4.69, 9.17) is 11.6 Å². The van der Waals surface area contributed by atoms with Crippen molar-refractivity contribution < 1.29 is 0 Å². The van der Waals surface area contributed by atoms with Crippen LogP contribution in [0.3, 0.4) is 0 Å². The Labute approximate surface area is 118 Å². The van der Waals surface area contributed by atoms with Crippen LogP contribution in [0, 0.1) is 6.92 Å². The van der Waals surface area contributed by atoms with Crippen molar-refractivity contribution in [1.82, 2.24) is 9.97 Å². The van der Waals surface area contributed by atoms with Crippen molar-refractivity contribution in [3.63, 3.8) is 0 Å². The first-order chi connectivity index (χ1) is 9.22. The molecule has 0 saturated heterocycles. The molecule has 0 radical (unpaired) electrons. The first kappa shape index (κ1) is 12.7. The highest BCUT2D eigenvalue weighted by molar-refractivity contribution is 6.28. The third kappa shape index (κ3) is 2.81. The van der Waals surface area contributed by atoms with E-state index >= 15 is 0 Å². The van der Waals surface area contributed by atoms with Crippen LogP contribution in [0.25, 0.3) is 10.9 Å². The van der Waals surface area contributed by atoms with Crippen molar-refractivity contribution in [2.24, 2.45) is 0 Å². The lowest BCUT2D eigenvalue weighted by Crippen LogP contribution is -2.23. The fraction of sp³-hybridized carbons (Fsp3) is 0.467. The van der Waals surface area contributed by atoms with Crippen LogP contribution >= 0.6 is 11.6 Å². The van der Waals surface area contributed by atoms with E-state index in [9.17, 15) is 0 Å². The molecule has 0 amide bonds. The van der Waals surface area contributed by atoms with Gasteiger partial charge in [-0.25, -0.2) is 9.97 Å². The molecule has 0 aliphatic heterocycles. The number of nitrogens with one attached hydrogen (secondary N) is 1. The number of hydrogen-bond acceptors (Lipinski definition) is 3. The summed E-state index contributed by atoms with van der Waals surface area (Å²) < 4.78 is 0. The van der Waals surface area contributed by atoms with E-state index in [-0.39, 0.29) is 0 Å². The number of aryl methyl sites for hydroxylation is 1. The normalized spacial score (nSPS) is 16.7. The quantitative estimate of drug-likeness (QED) is 0.829. The third-order valence-corrected chi connectivity index (χ3v) is 3.94. The monoisotopic (exact) mass is 275 g/mol. The molecule has 1 saturated carbocycles. The molecule has 0 spiro atoms. The molecule has 3 nitrogen and oxygen atoms in total. The number of rotatable bonds is 2. The Balaban J connectivity index is 1.98. The molecule has 0 atom stereocenters. The third-order valence-electron chi connectivity index (χ3n) is 3.77. The fourth-order valence-corrected chi connectivity index (χ4v) is 2.94. The average molecular weight is 276 g/mol. The second-order valence-corrected chi connectivity index (χ2v) is 5.68. The van der Waals surface area contributed by atoms with Gasteiger partial charge in [-0.05, 0) is 43.5 Å². The van der Waals surface area contributed by atoms with Gasteiger partial charge in [0.05, 0.1) is 5.52 Å². The van der Waals surface area contributed by atoms with Crippen LogP contribution < -0.4 is 5.32 Å². The summed E-state index contributed by atoms with van der Waals surface area (Å²) in [4.78, 5) is 8.66. The van der Waals surface area contributed by atoms with Crippen LogP contribution in [0.5, 0.6) is 0 Å². The molecular weight excluding hydrogens is 258 g/mol. The van der Waals surface area contributed by atoms with Gasteiger partial charge in [0.1, 0.15) is 5.82 Å². The Bertz CT molecular complexity index is 591. The second-order valence-electron chi connectivity index (χ2n) is 5.34. The van der Waals surface area contributed by atoms with E-state index in [1.807, 2.05) is 6.07 Å². The molecule has 1 aromatic carbocycles. The maximum atomic E-state index is 6.02. The number of anilines is 1. The van der Waals surface area contributed by atoms with Gasteiger partial charge in [0.2, 0.25) is 5.28 Å². The summed E-state index contributed by atoms with van der Waals surface area (Å²) in [5, 5.41) is 4.94. The zero-order chi connectivity index (χ0) is 13.2. The summed E-state index contributed by atoms with van der Waals surface area (Å²) in [5.74, 6) is 0.880. The molecule has 1 fully saturated rings. The van der Waals surface area contributed by atoms with Gasteiger partial charge in [-0.15, -0.1) is 0 Å². The van der Waals surface area contributed by atoms with Gasteiger partial charge in [-0.2, -0.15) is 0 Å². The molecule has 100 valence electrons. The van der Waals surface area contributed by atoms with E-state index in [1.165, 1.54) is 37.7 Å². The summed E-state index contributed by atoms with van der Waals surface area (Å²) in [5.41, 5.74) is 2.12. The lowest BCUT2D eigenvalue weighted by atomic mass is 9.95. The van der Waals surface area contributed by atoms with Gasteiger partial charge in [0.15, 0.2) is 0 Å². The maximum Gasteiger partial charge on any atom is 0.224 e. The number of benzene rings is 1. The smallest absolute Gasteiger partial charge is 0.224 e. The predicted molar refractivity (Wildman–Crippen MR) is 79.8 cm³/mol. The molecule has 1 aliphatic carbocycles. The fourth-order valence-electron chi connectivity index (χ4n) is 2.76. The molecule has 1 aliphatic rings. The minimum absolute atomic E-state index is 0.315. The summed E-state index contributed by atoms with van der Waals surface area (Å²) in [7, 11) is 0. The van der Waals surface area contributed by atoms with Gasteiger partial charge >= 0.3 is 0 Å². The minimum atomic E-state index is 0.315. The minimum Gasteiger partial charge on any atom is -0.367 e. The molecule has 1 N–H and O–H groups in total. The summed E-state index contributed by atoms with van der Waals surface area (Å²) >= 11 is 6.02. The number of halogens is 1. The molecule has 4 heteroatoms. The zero-order valence-corrected chi connectivity index (χ0v) is 11.9. The Kier molecular flexibility index (Phi) is 3.56. The van der Waals surface area contributed by atoms with Crippen LogP contribution in [-0.4, -0.2) is 16.0 Å². The SMILES string of the molecule is Cc1ccc2nc(Cl)nc(NC3CCCCC3)c2c1. The lowest BCUT2D eigenvalue weighted by Gasteiger charge is -2.24. The van der Waals surface area contributed by atoms with E-state index < -0.39 is 0 Å². The summed E-state index contributed by atoms with van der Waals surface area (Å²) in [6, 6.07) is 6.69. The van der Waals surface area contributed by atoms with Crippen molar-refractivity contribution >= 4 is 28.3 Å². The molecule has 1 aromatic heterocycles. The maximum absolute atomic E-state index is 6.02. The highest BCUT2D eigenvalue weighted by atomic mass is 35.5. The van der Waals surface area contributed by atoms with Crippen LogP contribution in [-0.2, 0) is 0 Å². The number of hydrogen-bond donors (Lipinski definition) is 1. The predicted octanol–water partition coefficient (Wildman–Crippen LogP) is 4.34. The molecule has 0 unspecified atom stereocenters. The molecular formula is C15H18ClN3. The molecule has 3 rings (SSSR count). The highest BCUT2D eigenvalue weighted by Crippen LogP contribution is 2.27. The Morgan fingerprint density at radius 3 is 2.74 bits per heavy atom. The lowest BCUT2D eigenvalue weighted by molar-refractivity contribution is 0.462. The molecule has 0 bridgehead atoms. The first-order valence-electron chi connectivity index (χ1n) is 6.93. The first-order valence-corrected chi connectivity index (χ1v) is 7.30. The van der Waals surface area contributed by atoms with Gasteiger partial charge in [-0.3, -0.25) is 0 Å². The van der Waals surface area contributed by atoms with Gasteiger partial charge in [-0.1, -0.05) is 30.9 Å². The van der Waals surface area contributed by atoms with Crippen molar-refractivity contribution in [1.29, 1.82) is 0 Å². The van der Waals surface area contributed by atoms with Gasteiger partial charge in [0.25, 0.3) is 0 Å². The average Bonchev–Trinajstić information content (AvgIpc) is 2.41. The summed E-state index contributed by atoms with van der Waals surface area (Å²) in [6.45, 7) is 2.08. The van der Waals surface area contributed by atoms with E-state index in [2.05, 4.69) is 34.3 Å². The number of fused-ring (bicyclic) bond motifs is 1. The molecule has 2 aromatic rings. The van der Waals surface area contributed by atoms with Crippen LogP contribution in [0.1, 0.15) is 37.7 Å². The van der Waals surface area contributed by atoms with E-state index in [1.54, 1.807) is 0 Å². The van der Waals surface area contributed by atoms with Gasteiger partial charge in [0, 0.05) is 11.4 Å². The van der Waals surface area contributed by atoms with E-state index in [0.29, 0.717) is 11.3 Å². The Hall–Kier alpha value is -1.35. The Morgan fingerprint density at radius 1 is 1.16 bits per heavy atom. The van der Waals surface area contributed by atoms with Crippen molar-refractivity contribution in [2.75, 3.05) is 5.32 Å². The van der Waals surface area contributed by atoms with E-state index in [0.717, 1.165) is 16.7 Å². The van der Waals surface area contributed by atoms with Crippen molar-refractivity contribution in [3.05, 3.63) is 29.0 Å². The Morgan fingerprint density at radius 2 is 1.95 bits per heavy atom. The topological polar surface area (TPSA) is 37.8 Å². The summed E-state index contributed by atoms with van der Waals surface area (Å²) in [6.07, 6.45) is 6.38. The van der Waals surface area contributed by atoms with Crippen LogP contribution in [0.4, 0.5) is 5.82 Å². The number of aromatic nitrogens is 2. The highest BCUT2D eigenvalue weighted by Gasteiger charge is 2.15. The van der Waals surface area contributed by atoms with Crippen molar-refractivity contribution in [2.45, 2.75) is 45.1 Å². The van der Waals surface area contributed by atoms with Crippen molar-refractivity contribution in [3.8, 4) is 0 Å². The largest absolute Gasteiger partial charge is 0.367 e. The second kappa shape index (κ2) is 5.33. The van der Waals surface area contributed by atoms with Crippen LogP contribution in [0.15, 0.2) is 18.2 Å². The zero-order valence-electron chi connectivity index (χ0n) is 11.1. The molecule has 1 heterocycles. The molecule has 19 heavy (non-hydrogen) atoms. The van der Waals surface area contributed by atoms with Crippen LogP contribution in [0.2, 0.25) is 5.28 Å². The van der Waals surface area contributed by atoms with Gasteiger partial charge < -0.3 is 5.32 Å².